The molecule has 2 amide bonds. The Balaban J connectivity index is 1.63. The number of halogens is 1. The average Bonchev–Trinajstić information content (AvgIpc) is 3.11. The van der Waals surface area contributed by atoms with Crippen LogP contribution in [0.15, 0.2) is 53.9 Å². The van der Waals surface area contributed by atoms with Crippen molar-refractivity contribution >= 4 is 45.6 Å². The second kappa shape index (κ2) is 8.12. The molecule has 5 nitrogen and oxygen atoms in total. The molecule has 7 heteroatoms. The third kappa shape index (κ3) is 4.47. The Morgan fingerprint density at radius 3 is 2.35 bits per heavy atom. The fourth-order valence-electron chi connectivity index (χ4n) is 2.22. The van der Waals surface area contributed by atoms with Crippen LogP contribution in [0.2, 0.25) is 5.02 Å². The zero-order valence-corrected chi connectivity index (χ0v) is 15.5. The predicted molar refractivity (Wildman–Crippen MR) is 105 cm³/mol. The summed E-state index contributed by atoms with van der Waals surface area (Å²) in [6.45, 7) is 2.07. The average molecular weight is 386 g/mol. The van der Waals surface area contributed by atoms with Gasteiger partial charge in [-0.2, -0.15) is 0 Å². The lowest BCUT2D eigenvalue weighted by atomic mass is 10.1. The highest BCUT2D eigenvalue weighted by molar-refractivity contribution is 7.14. The van der Waals surface area contributed by atoms with Crippen LogP contribution in [0.3, 0.4) is 0 Å². The second-order valence-electron chi connectivity index (χ2n) is 5.50. The number of rotatable bonds is 5. The van der Waals surface area contributed by atoms with E-state index in [4.69, 9.17) is 11.6 Å². The van der Waals surface area contributed by atoms with E-state index >= 15 is 0 Å². The monoisotopic (exact) mass is 385 g/mol. The molecule has 1 heterocycles. The maximum Gasteiger partial charge on any atom is 0.275 e. The quantitative estimate of drug-likeness (QED) is 0.658. The molecule has 0 fully saturated rings. The molecule has 2 aromatic carbocycles. The van der Waals surface area contributed by atoms with Gasteiger partial charge in [-0.05, 0) is 48.4 Å². The normalized spacial score (nSPS) is 10.4. The summed E-state index contributed by atoms with van der Waals surface area (Å²) >= 11 is 7.00. The largest absolute Gasteiger partial charge is 0.321 e. The minimum absolute atomic E-state index is 0.251. The van der Waals surface area contributed by atoms with Gasteiger partial charge in [0.05, 0.1) is 0 Å². The maximum atomic E-state index is 12.3. The van der Waals surface area contributed by atoms with Crippen molar-refractivity contribution in [3.63, 3.8) is 0 Å². The number of thiazole rings is 1. The summed E-state index contributed by atoms with van der Waals surface area (Å²) in [6, 6.07) is 14.2. The molecule has 132 valence electrons. The molecule has 0 atom stereocenters. The summed E-state index contributed by atoms with van der Waals surface area (Å²) in [7, 11) is 0. The van der Waals surface area contributed by atoms with E-state index in [1.54, 1.807) is 29.6 Å². The molecule has 0 unspecified atom stereocenters. The Kier molecular flexibility index (Phi) is 5.65. The first-order valence-electron chi connectivity index (χ1n) is 7.98. The fourth-order valence-corrected chi connectivity index (χ4v) is 3.04. The van der Waals surface area contributed by atoms with Gasteiger partial charge in [0.15, 0.2) is 5.13 Å². The molecule has 0 spiro atoms. The summed E-state index contributed by atoms with van der Waals surface area (Å²) in [5.41, 5.74) is 2.61. The van der Waals surface area contributed by atoms with Gasteiger partial charge in [-0.3, -0.25) is 14.9 Å². The minimum Gasteiger partial charge on any atom is -0.321 e. The summed E-state index contributed by atoms with van der Waals surface area (Å²) in [5.74, 6) is -0.629. The summed E-state index contributed by atoms with van der Waals surface area (Å²) < 4.78 is 0. The number of aromatic nitrogens is 1. The first kappa shape index (κ1) is 18.1. The van der Waals surface area contributed by atoms with Crippen LogP contribution in [0.4, 0.5) is 10.8 Å². The molecule has 1 aromatic heterocycles. The van der Waals surface area contributed by atoms with E-state index in [-0.39, 0.29) is 17.5 Å². The van der Waals surface area contributed by atoms with Gasteiger partial charge < -0.3 is 5.32 Å². The van der Waals surface area contributed by atoms with Crippen molar-refractivity contribution in [1.82, 2.24) is 4.98 Å². The number of nitrogens with zero attached hydrogens (tertiary/aromatic N) is 1. The Labute approximate surface area is 160 Å². The van der Waals surface area contributed by atoms with Crippen molar-refractivity contribution in [3.05, 3.63) is 75.8 Å². The minimum atomic E-state index is -0.322. The summed E-state index contributed by atoms with van der Waals surface area (Å²) in [6.07, 6.45) is 0.941. The number of hydrogen-bond donors (Lipinski definition) is 2. The van der Waals surface area contributed by atoms with Crippen molar-refractivity contribution in [2.45, 2.75) is 13.3 Å². The van der Waals surface area contributed by atoms with Crippen molar-refractivity contribution in [1.29, 1.82) is 0 Å². The van der Waals surface area contributed by atoms with Gasteiger partial charge in [-0.25, -0.2) is 4.98 Å². The molecule has 0 aliphatic carbocycles. The second-order valence-corrected chi connectivity index (χ2v) is 6.80. The van der Waals surface area contributed by atoms with Gasteiger partial charge in [0.2, 0.25) is 0 Å². The third-order valence-electron chi connectivity index (χ3n) is 3.68. The standard InChI is InChI=1S/C19H16ClN3O2S/c1-2-12-3-9-15(10-4-12)21-18(25)16-11-26-19(22-16)23-17(24)13-5-7-14(20)8-6-13/h3-11H,2H2,1H3,(H,21,25)(H,22,23,24). The van der Waals surface area contributed by atoms with E-state index < -0.39 is 0 Å². The molecule has 0 radical (unpaired) electrons. The lowest BCUT2D eigenvalue weighted by molar-refractivity contribution is 0.101. The van der Waals surface area contributed by atoms with Crippen LogP contribution >= 0.6 is 22.9 Å². The number of benzene rings is 2. The van der Waals surface area contributed by atoms with Crippen LogP contribution in [0.25, 0.3) is 0 Å². The van der Waals surface area contributed by atoms with Crippen molar-refractivity contribution in [2.75, 3.05) is 10.6 Å². The van der Waals surface area contributed by atoms with Crippen LogP contribution in [0, 0.1) is 0 Å². The number of carbonyl (C=O) groups excluding carboxylic acids is 2. The number of aryl methyl sites for hydroxylation is 1. The van der Waals surface area contributed by atoms with Crippen molar-refractivity contribution in [2.24, 2.45) is 0 Å². The smallest absolute Gasteiger partial charge is 0.275 e. The van der Waals surface area contributed by atoms with Gasteiger partial charge in [-0.15, -0.1) is 11.3 Å². The Morgan fingerprint density at radius 2 is 1.69 bits per heavy atom. The molecule has 2 N–H and O–H groups in total. The van der Waals surface area contributed by atoms with Crippen LogP contribution in [-0.2, 0) is 6.42 Å². The van der Waals surface area contributed by atoms with Gasteiger partial charge in [0, 0.05) is 21.7 Å². The number of hydrogen-bond acceptors (Lipinski definition) is 4. The topological polar surface area (TPSA) is 71.1 Å². The Bertz CT molecular complexity index is 921. The molecule has 0 aliphatic rings. The first-order chi connectivity index (χ1) is 12.5. The Morgan fingerprint density at radius 1 is 1.00 bits per heavy atom. The molecule has 0 saturated carbocycles. The highest BCUT2D eigenvalue weighted by Gasteiger charge is 2.13. The highest BCUT2D eigenvalue weighted by Crippen LogP contribution is 2.19. The van der Waals surface area contributed by atoms with E-state index in [0.717, 1.165) is 6.42 Å². The molecule has 0 aliphatic heterocycles. The number of nitrogens with one attached hydrogen (secondary N) is 2. The maximum absolute atomic E-state index is 12.3. The Hall–Kier alpha value is -2.70. The van der Waals surface area contributed by atoms with Gasteiger partial charge in [-0.1, -0.05) is 30.7 Å². The molecular formula is C19H16ClN3O2S. The lowest BCUT2D eigenvalue weighted by Crippen LogP contribution is -2.14. The number of amides is 2. The molecule has 0 saturated heterocycles. The van der Waals surface area contributed by atoms with Crippen LogP contribution < -0.4 is 10.6 Å². The van der Waals surface area contributed by atoms with Gasteiger partial charge >= 0.3 is 0 Å². The van der Waals surface area contributed by atoms with Crippen LogP contribution in [0.5, 0.6) is 0 Å². The molecule has 3 rings (SSSR count). The zero-order valence-electron chi connectivity index (χ0n) is 14.0. The van der Waals surface area contributed by atoms with E-state index in [2.05, 4.69) is 22.5 Å². The zero-order chi connectivity index (χ0) is 18.5. The molecule has 0 bridgehead atoms. The molecule has 3 aromatic rings. The van der Waals surface area contributed by atoms with Gasteiger partial charge in [0.1, 0.15) is 5.69 Å². The third-order valence-corrected chi connectivity index (χ3v) is 4.69. The van der Waals surface area contributed by atoms with Gasteiger partial charge in [0.25, 0.3) is 11.8 Å². The summed E-state index contributed by atoms with van der Waals surface area (Å²) in [4.78, 5) is 28.6. The SMILES string of the molecule is CCc1ccc(NC(=O)c2csc(NC(=O)c3ccc(Cl)cc3)n2)cc1. The van der Waals surface area contributed by atoms with Crippen molar-refractivity contribution < 1.29 is 9.59 Å². The summed E-state index contributed by atoms with van der Waals surface area (Å²) in [5, 5.41) is 7.99. The first-order valence-corrected chi connectivity index (χ1v) is 9.23. The van der Waals surface area contributed by atoms with E-state index in [0.29, 0.717) is 21.4 Å². The predicted octanol–water partition coefficient (Wildman–Crippen LogP) is 4.86. The van der Waals surface area contributed by atoms with Crippen LogP contribution in [-0.4, -0.2) is 16.8 Å². The highest BCUT2D eigenvalue weighted by atomic mass is 35.5. The fraction of sp³-hybridized carbons (Fsp3) is 0.105. The van der Waals surface area contributed by atoms with E-state index in [1.165, 1.54) is 16.9 Å². The van der Waals surface area contributed by atoms with E-state index in [9.17, 15) is 9.59 Å². The molecule has 26 heavy (non-hydrogen) atoms. The number of anilines is 2. The lowest BCUT2D eigenvalue weighted by Gasteiger charge is -2.04. The van der Waals surface area contributed by atoms with Crippen LogP contribution in [0.1, 0.15) is 33.3 Å². The van der Waals surface area contributed by atoms with Crippen molar-refractivity contribution in [3.8, 4) is 0 Å². The molecular weight excluding hydrogens is 370 g/mol. The van der Waals surface area contributed by atoms with E-state index in [1.807, 2.05) is 24.3 Å². The number of carbonyl (C=O) groups is 2.